The third-order valence-corrected chi connectivity index (χ3v) is 9.78. The van der Waals surface area contributed by atoms with Gasteiger partial charge in [0.15, 0.2) is 0 Å². The molecule has 4 nitrogen and oxygen atoms in total. The van der Waals surface area contributed by atoms with E-state index in [0.29, 0.717) is 35.6 Å². The standard InChI is InChI=1S/C23H36O4/c1-15(26-13-24)19-6-7-20-18-5-4-16-12-17(27-14-25)8-10-22(16,2)21(18)9-11-23(19,20)3/h13-21H,4-12H2,1-3H3/t15-,16+,17+,18+,19-,20+,21+,22+,23-/m1/s1. The molecule has 152 valence electrons. The molecule has 0 N–H and O–H groups in total. The first-order chi connectivity index (χ1) is 12.9. The molecule has 27 heavy (non-hydrogen) atoms. The van der Waals surface area contributed by atoms with Crippen LogP contribution < -0.4 is 0 Å². The molecular weight excluding hydrogens is 340 g/mol. The lowest BCUT2D eigenvalue weighted by molar-refractivity contribution is -0.155. The van der Waals surface area contributed by atoms with Crippen molar-refractivity contribution >= 4 is 12.9 Å². The lowest BCUT2D eigenvalue weighted by Crippen LogP contribution is -2.54. The zero-order valence-corrected chi connectivity index (χ0v) is 17.2. The molecule has 0 radical (unpaired) electrons. The summed E-state index contributed by atoms with van der Waals surface area (Å²) in [5, 5.41) is 0. The van der Waals surface area contributed by atoms with Crippen molar-refractivity contribution in [2.24, 2.45) is 40.4 Å². The van der Waals surface area contributed by atoms with Gasteiger partial charge in [0.2, 0.25) is 0 Å². The van der Waals surface area contributed by atoms with E-state index in [-0.39, 0.29) is 12.2 Å². The van der Waals surface area contributed by atoms with Gasteiger partial charge < -0.3 is 9.47 Å². The summed E-state index contributed by atoms with van der Waals surface area (Å²) in [6.07, 6.45) is 11.2. The van der Waals surface area contributed by atoms with E-state index >= 15 is 0 Å². The molecule has 4 aliphatic rings. The molecule has 0 amide bonds. The molecule has 0 bridgehead atoms. The third kappa shape index (κ3) is 2.93. The number of hydrogen-bond donors (Lipinski definition) is 0. The van der Waals surface area contributed by atoms with Crippen LogP contribution in [0.25, 0.3) is 0 Å². The van der Waals surface area contributed by atoms with E-state index in [1.807, 2.05) is 0 Å². The molecule has 4 aliphatic carbocycles. The first kappa shape index (κ1) is 19.3. The first-order valence-electron chi connectivity index (χ1n) is 11.1. The Morgan fingerprint density at radius 2 is 1.63 bits per heavy atom. The predicted octanol–water partition coefficient (Wildman–Crippen LogP) is 4.75. The Balaban J connectivity index is 1.53. The van der Waals surface area contributed by atoms with Crippen LogP contribution in [0.15, 0.2) is 0 Å². The molecule has 0 heterocycles. The average molecular weight is 377 g/mol. The molecule has 0 aromatic heterocycles. The minimum Gasteiger partial charge on any atom is -0.465 e. The smallest absolute Gasteiger partial charge is 0.293 e. The number of hydrogen-bond acceptors (Lipinski definition) is 4. The largest absolute Gasteiger partial charge is 0.465 e. The van der Waals surface area contributed by atoms with Crippen LogP contribution in [0.2, 0.25) is 0 Å². The molecule has 9 atom stereocenters. The number of carbonyl (C=O) groups excluding carboxylic acids is 2. The van der Waals surface area contributed by atoms with Crippen molar-refractivity contribution in [2.45, 2.75) is 90.8 Å². The van der Waals surface area contributed by atoms with Gasteiger partial charge in [0, 0.05) is 5.92 Å². The second kappa shape index (κ2) is 7.08. The quantitative estimate of drug-likeness (QED) is 0.650. The molecule has 4 saturated carbocycles. The lowest BCUT2D eigenvalue weighted by atomic mass is 9.44. The Hall–Kier alpha value is -1.06. The summed E-state index contributed by atoms with van der Waals surface area (Å²) in [5.74, 6) is 3.63. The van der Waals surface area contributed by atoms with Gasteiger partial charge in [-0.3, -0.25) is 9.59 Å². The summed E-state index contributed by atoms with van der Waals surface area (Å²) in [4.78, 5) is 21.7. The van der Waals surface area contributed by atoms with Gasteiger partial charge in [0.1, 0.15) is 12.2 Å². The highest BCUT2D eigenvalue weighted by atomic mass is 16.5. The van der Waals surface area contributed by atoms with Crippen LogP contribution in [-0.2, 0) is 19.1 Å². The maximum absolute atomic E-state index is 10.9. The Morgan fingerprint density at radius 3 is 2.37 bits per heavy atom. The molecule has 4 fully saturated rings. The van der Waals surface area contributed by atoms with E-state index in [1.54, 1.807) is 0 Å². The number of rotatable bonds is 5. The zero-order valence-electron chi connectivity index (χ0n) is 17.2. The fraction of sp³-hybridized carbons (Fsp3) is 0.913. The van der Waals surface area contributed by atoms with Crippen LogP contribution in [0, 0.1) is 40.4 Å². The molecule has 4 rings (SSSR count). The van der Waals surface area contributed by atoms with Crippen molar-refractivity contribution in [1.29, 1.82) is 0 Å². The van der Waals surface area contributed by atoms with E-state index in [0.717, 1.165) is 30.6 Å². The predicted molar refractivity (Wildman–Crippen MR) is 103 cm³/mol. The maximum atomic E-state index is 10.9. The van der Waals surface area contributed by atoms with Crippen LogP contribution in [0.5, 0.6) is 0 Å². The minimum absolute atomic E-state index is 0.0388. The second-order valence-electron chi connectivity index (χ2n) is 10.5. The van der Waals surface area contributed by atoms with Crippen molar-refractivity contribution in [2.75, 3.05) is 0 Å². The lowest BCUT2D eigenvalue weighted by Gasteiger charge is -2.61. The summed E-state index contributed by atoms with van der Waals surface area (Å²) >= 11 is 0. The summed E-state index contributed by atoms with van der Waals surface area (Å²) < 4.78 is 10.7. The van der Waals surface area contributed by atoms with Crippen molar-refractivity contribution in [1.82, 2.24) is 0 Å². The maximum Gasteiger partial charge on any atom is 0.293 e. The van der Waals surface area contributed by atoms with Crippen LogP contribution in [-0.4, -0.2) is 25.2 Å². The third-order valence-electron chi connectivity index (χ3n) is 9.78. The Labute approximate surface area is 163 Å². The second-order valence-corrected chi connectivity index (χ2v) is 10.5. The Morgan fingerprint density at radius 1 is 0.889 bits per heavy atom. The first-order valence-corrected chi connectivity index (χ1v) is 11.1. The van der Waals surface area contributed by atoms with Gasteiger partial charge >= 0.3 is 0 Å². The van der Waals surface area contributed by atoms with Crippen molar-refractivity contribution in [3.63, 3.8) is 0 Å². The van der Waals surface area contributed by atoms with Gasteiger partial charge in [-0.25, -0.2) is 0 Å². The summed E-state index contributed by atoms with van der Waals surface area (Å²) in [6, 6.07) is 0. The molecule has 4 heteroatoms. The average Bonchev–Trinajstić information content (AvgIpc) is 3.00. The Kier molecular flexibility index (Phi) is 5.05. The minimum atomic E-state index is 0.0388. The van der Waals surface area contributed by atoms with Crippen LogP contribution in [0.4, 0.5) is 0 Å². The van der Waals surface area contributed by atoms with E-state index in [9.17, 15) is 9.59 Å². The van der Waals surface area contributed by atoms with Crippen LogP contribution >= 0.6 is 0 Å². The monoisotopic (exact) mass is 376 g/mol. The number of fused-ring (bicyclic) bond motifs is 5. The Bertz CT molecular complexity index is 577. The van der Waals surface area contributed by atoms with Gasteiger partial charge in [-0.05, 0) is 99.2 Å². The summed E-state index contributed by atoms with van der Waals surface area (Å²) in [7, 11) is 0. The molecule has 0 aliphatic heterocycles. The van der Waals surface area contributed by atoms with Gasteiger partial charge in [0.05, 0.1) is 0 Å². The fourth-order valence-electron chi connectivity index (χ4n) is 8.42. The highest BCUT2D eigenvalue weighted by molar-refractivity contribution is 5.38. The van der Waals surface area contributed by atoms with Gasteiger partial charge in [-0.2, -0.15) is 0 Å². The van der Waals surface area contributed by atoms with Crippen molar-refractivity contribution in [3.05, 3.63) is 0 Å². The molecule has 0 saturated heterocycles. The normalized spacial score (nSPS) is 49.9. The molecule has 0 unspecified atom stereocenters. The van der Waals surface area contributed by atoms with Gasteiger partial charge in [-0.15, -0.1) is 0 Å². The zero-order chi connectivity index (χ0) is 19.2. The van der Waals surface area contributed by atoms with E-state index in [2.05, 4.69) is 20.8 Å². The van der Waals surface area contributed by atoms with Crippen molar-refractivity contribution < 1.29 is 19.1 Å². The van der Waals surface area contributed by atoms with Crippen molar-refractivity contribution in [3.8, 4) is 0 Å². The topological polar surface area (TPSA) is 52.6 Å². The van der Waals surface area contributed by atoms with E-state index in [4.69, 9.17) is 9.47 Å². The van der Waals surface area contributed by atoms with E-state index < -0.39 is 0 Å². The molecule has 0 spiro atoms. The molecule has 0 aromatic carbocycles. The van der Waals surface area contributed by atoms with Crippen LogP contribution in [0.1, 0.15) is 78.6 Å². The SMILES string of the molecule is C[C@@H](OC=O)[C@H]1CC[C@H]2[C@@H]3CC[C@H]4C[C@@H](OC=O)CC[C@]4(C)[C@H]3CC[C@]12C. The van der Waals surface area contributed by atoms with E-state index in [1.165, 1.54) is 44.9 Å². The molecule has 0 aromatic rings. The highest BCUT2D eigenvalue weighted by Crippen LogP contribution is 2.67. The van der Waals surface area contributed by atoms with Gasteiger partial charge in [0.25, 0.3) is 12.9 Å². The fourth-order valence-corrected chi connectivity index (χ4v) is 8.42. The molecular formula is C23H36O4. The summed E-state index contributed by atoms with van der Waals surface area (Å²) in [5.41, 5.74) is 0.737. The number of ether oxygens (including phenoxy) is 2. The highest BCUT2D eigenvalue weighted by Gasteiger charge is 2.61. The number of carbonyl (C=O) groups is 2. The van der Waals surface area contributed by atoms with Crippen LogP contribution in [0.3, 0.4) is 0 Å². The van der Waals surface area contributed by atoms with Gasteiger partial charge in [-0.1, -0.05) is 13.8 Å². The summed E-state index contributed by atoms with van der Waals surface area (Å²) in [6.45, 7) is 8.40.